The number of ether oxygens (including phenoxy) is 3. The van der Waals surface area contributed by atoms with Crippen LogP contribution in [0.4, 0.5) is 0 Å². The number of rotatable bonds is 8. The van der Waals surface area contributed by atoms with Crippen molar-refractivity contribution >= 4 is 17.4 Å². The molecule has 8 heteroatoms. The monoisotopic (exact) mass is 440 g/mol. The van der Waals surface area contributed by atoms with Gasteiger partial charge in [-0.25, -0.2) is 0 Å². The molecule has 1 fully saturated rings. The molecular weight excluding hydrogens is 412 g/mol. The van der Waals surface area contributed by atoms with Gasteiger partial charge >= 0.3 is 0 Å². The number of hydrogen-bond acceptors (Lipinski definition) is 7. The molecule has 0 aliphatic carbocycles. The Bertz CT molecular complexity index is 1050. The molecule has 32 heavy (non-hydrogen) atoms. The number of Topliss-reactive ketones (excluding diaryl/α,β-unsaturated/α-hetero) is 1. The number of likely N-dealkylation sites (N-methyl/N-ethyl adjacent to an activating group) is 1. The summed E-state index contributed by atoms with van der Waals surface area (Å²) in [6, 6.07) is 11.2. The third-order valence-electron chi connectivity index (χ3n) is 5.43. The fourth-order valence-corrected chi connectivity index (χ4v) is 3.77. The molecule has 2 aromatic carbocycles. The SMILES string of the molecule is COc1ccc(/C(O)=C2\C(=O)C(=O)N(CCN(C)C)[C@H]2c2ccccc2OC)c(OC)c1. The van der Waals surface area contributed by atoms with Gasteiger partial charge in [-0.1, -0.05) is 18.2 Å². The smallest absolute Gasteiger partial charge is 0.295 e. The summed E-state index contributed by atoms with van der Waals surface area (Å²) in [4.78, 5) is 29.6. The molecule has 3 rings (SSSR count). The van der Waals surface area contributed by atoms with Crippen molar-refractivity contribution in [2.24, 2.45) is 0 Å². The van der Waals surface area contributed by atoms with Gasteiger partial charge in [0.15, 0.2) is 0 Å². The molecule has 1 N–H and O–H groups in total. The highest BCUT2D eigenvalue weighted by Gasteiger charge is 2.47. The van der Waals surface area contributed by atoms with Crippen LogP contribution in [0.1, 0.15) is 17.2 Å². The Balaban J connectivity index is 2.23. The molecule has 170 valence electrons. The molecule has 8 nitrogen and oxygen atoms in total. The number of para-hydroxylation sites is 1. The summed E-state index contributed by atoms with van der Waals surface area (Å²) in [7, 11) is 8.27. The molecule has 0 bridgehead atoms. The average molecular weight is 440 g/mol. The van der Waals surface area contributed by atoms with E-state index in [1.807, 2.05) is 19.0 Å². The lowest BCUT2D eigenvalue weighted by atomic mass is 9.94. The third-order valence-corrected chi connectivity index (χ3v) is 5.43. The van der Waals surface area contributed by atoms with Crippen LogP contribution in [0.15, 0.2) is 48.0 Å². The van der Waals surface area contributed by atoms with Crippen LogP contribution in [0.2, 0.25) is 0 Å². The second kappa shape index (κ2) is 9.74. The normalized spacial score (nSPS) is 17.7. The first-order valence-electron chi connectivity index (χ1n) is 10.1. The number of likely N-dealkylation sites (tertiary alicyclic amines) is 1. The third kappa shape index (κ3) is 4.27. The number of amides is 1. The number of aliphatic hydroxyl groups excluding tert-OH is 1. The van der Waals surface area contributed by atoms with Gasteiger partial charge in [0.05, 0.1) is 38.5 Å². The number of aliphatic hydroxyl groups is 1. The van der Waals surface area contributed by atoms with Gasteiger partial charge in [0.25, 0.3) is 11.7 Å². The predicted octanol–water partition coefficient (Wildman–Crippen LogP) is 2.70. The van der Waals surface area contributed by atoms with Crippen molar-refractivity contribution in [1.29, 1.82) is 0 Å². The van der Waals surface area contributed by atoms with Gasteiger partial charge in [0.2, 0.25) is 0 Å². The minimum absolute atomic E-state index is 0.0123. The fourth-order valence-electron chi connectivity index (χ4n) is 3.77. The summed E-state index contributed by atoms with van der Waals surface area (Å²) in [5.74, 6) is -0.369. The van der Waals surface area contributed by atoms with Crippen molar-refractivity contribution in [3.05, 3.63) is 59.2 Å². The number of hydrogen-bond donors (Lipinski definition) is 1. The molecule has 1 aliphatic heterocycles. The lowest BCUT2D eigenvalue weighted by Crippen LogP contribution is -2.35. The van der Waals surface area contributed by atoms with Crippen LogP contribution >= 0.6 is 0 Å². The van der Waals surface area contributed by atoms with Crippen LogP contribution in [0, 0.1) is 0 Å². The van der Waals surface area contributed by atoms with Gasteiger partial charge in [0.1, 0.15) is 23.0 Å². The lowest BCUT2D eigenvalue weighted by Gasteiger charge is -2.27. The van der Waals surface area contributed by atoms with E-state index < -0.39 is 17.7 Å². The van der Waals surface area contributed by atoms with E-state index in [9.17, 15) is 14.7 Å². The Morgan fingerprint density at radius 3 is 2.31 bits per heavy atom. The highest BCUT2D eigenvalue weighted by atomic mass is 16.5. The molecule has 1 saturated heterocycles. The zero-order valence-corrected chi connectivity index (χ0v) is 18.9. The van der Waals surface area contributed by atoms with E-state index in [-0.39, 0.29) is 11.3 Å². The van der Waals surface area contributed by atoms with Crippen molar-refractivity contribution in [2.45, 2.75) is 6.04 Å². The molecule has 1 atom stereocenters. The molecule has 1 aliphatic rings. The lowest BCUT2D eigenvalue weighted by molar-refractivity contribution is -0.140. The van der Waals surface area contributed by atoms with E-state index in [1.54, 1.807) is 42.5 Å². The van der Waals surface area contributed by atoms with Crippen molar-refractivity contribution < 1.29 is 28.9 Å². The van der Waals surface area contributed by atoms with Crippen molar-refractivity contribution in [2.75, 3.05) is 48.5 Å². The van der Waals surface area contributed by atoms with Gasteiger partial charge in [-0.3, -0.25) is 9.59 Å². The molecule has 0 saturated carbocycles. The molecule has 0 spiro atoms. The van der Waals surface area contributed by atoms with Gasteiger partial charge < -0.3 is 29.1 Å². The largest absolute Gasteiger partial charge is 0.507 e. The first-order chi connectivity index (χ1) is 15.3. The minimum Gasteiger partial charge on any atom is -0.507 e. The number of carbonyl (C=O) groups is 2. The second-order valence-corrected chi connectivity index (χ2v) is 7.60. The maximum absolute atomic E-state index is 13.2. The van der Waals surface area contributed by atoms with E-state index in [4.69, 9.17) is 14.2 Å². The molecule has 0 radical (unpaired) electrons. The van der Waals surface area contributed by atoms with Crippen LogP contribution in [0.3, 0.4) is 0 Å². The maximum atomic E-state index is 13.2. The van der Waals surface area contributed by atoms with E-state index in [0.29, 0.717) is 41.5 Å². The second-order valence-electron chi connectivity index (χ2n) is 7.60. The summed E-state index contributed by atoms with van der Waals surface area (Å²) in [6.07, 6.45) is 0. The van der Waals surface area contributed by atoms with Crippen LogP contribution in [0.25, 0.3) is 5.76 Å². The molecule has 2 aromatic rings. The molecular formula is C24H28N2O6. The van der Waals surface area contributed by atoms with E-state index in [0.717, 1.165) is 0 Å². The van der Waals surface area contributed by atoms with E-state index in [2.05, 4.69) is 0 Å². The average Bonchev–Trinajstić information content (AvgIpc) is 3.06. The van der Waals surface area contributed by atoms with Gasteiger partial charge in [0, 0.05) is 24.7 Å². The van der Waals surface area contributed by atoms with Crippen molar-refractivity contribution in [3.63, 3.8) is 0 Å². The molecule has 0 aromatic heterocycles. The summed E-state index contributed by atoms with van der Waals surface area (Å²) >= 11 is 0. The number of benzene rings is 2. The summed E-state index contributed by atoms with van der Waals surface area (Å²) in [5, 5.41) is 11.3. The first-order valence-corrected chi connectivity index (χ1v) is 10.1. The van der Waals surface area contributed by atoms with E-state index in [1.165, 1.54) is 26.2 Å². The topological polar surface area (TPSA) is 88.5 Å². The Labute approximate surface area is 187 Å². The zero-order valence-electron chi connectivity index (χ0n) is 18.9. The highest BCUT2D eigenvalue weighted by molar-refractivity contribution is 6.46. The molecule has 1 amide bonds. The Hall–Kier alpha value is -3.52. The van der Waals surface area contributed by atoms with Crippen LogP contribution in [-0.2, 0) is 9.59 Å². The van der Waals surface area contributed by atoms with Gasteiger partial charge in [-0.05, 0) is 32.3 Å². The maximum Gasteiger partial charge on any atom is 0.295 e. The summed E-state index contributed by atoms with van der Waals surface area (Å²) in [6.45, 7) is 0.849. The highest BCUT2D eigenvalue weighted by Crippen LogP contribution is 2.43. The number of carbonyl (C=O) groups excluding carboxylic acids is 2. The fraction of sp³-hybridized carbons (Fsp3) is 0.333. The Kier molecular flexibility index (Phi) is 7.05. The number of nitrogens with zero attached hydrogens (tertiary/aromatic N) is 2. The van der Waals surface area contributed by atoms with Crippen LogP contribution < -0.4 is 14.2 Å². The Morgan fingerprint density at radius 2 is 1.69 bits per heavy atom. The quantitative estimate of drug-likeness (QED) is 0.384. The van der Waals surface area contributed by atoms with Crippen molar-refractivity contribution in [1.82, 2.24) is 9.80 Å². The van der Waals surface area contributed by atoms with Gasteiger partial charge in [-0.15, -0.1) is 0 Å². The van der Waals surface area contributed by atoms with Crippen LogP contribution in [-0.4, -0.2) is 75.1 Å². The summed E-state index contributed by atoms with van der Waals surface area (Å²) in [5.41, 5.74) is 0.891. The first kappa shape index (κ1) is 23.1. The number of ketones is 1. The zero-order chi connectivity index (χ0) is 23.4. The standard InChI is InChI=1S/C24H28N2O6/c1-25(2)12-13-26-21(16-8-6-7-9-18(16)31-4)20(23(28)24(26)29)22(27)17-11-10-15(30-3)14-19(17)32-5/h6-11,14,21,27H,12-13H2,1-5H3/b22-20+/t21-/m0/s1. The van der Waals surface area contributed by atoms with Gasteiger partial charge in [-0.2, -0.15) is 0 Å². The van der Waals surface area contributed by atoms with Crippen LogP contribution in [0.5, 0.6) is 17.2 Å². The number of methoxy groups -OCH3 is 3. The Morgan fingerprint density at radius 1 is 1.00 bits per heavy atom. The van der Waals surface area contributed by atoms with E-state index >= 15 is 0 Å². The van der Waals surface area contributed by atoms with Crippen molar-refractivity contribution in [3.8, 4) is 17.2 Å². The summed E-state index contributed by atoms with van der Waals surface area (Å²) < 4.78 is 16.1. The predicted molar refractivity (Wildman–Crippen MR) is 120 cm³/mol. The molecule has 0 unspecified atom stereocenters. The minimum atomic E-state index is -0.807. The molecule has 1 heterocycles.